The minimum absolute atomic E-state index is 0.0748. The number of alkyl halides is 3. The molecule has 0 aromatic heterocycles. The molecule has 1 atom stereocenters. The highest BCUT2D eigenvalue weighted by atomic mass is 19.4. The van der Waals surface area contributed by atoms with Gasteiger partial charge in [0.2, 0.25) is 0 Å². The molecule has 0 fully saturated rings. The van der Waals surface area contributed by atoms with Crippen LogP contribution in [0.2, 0.25) is 0 Å². The van der Waals surface area contributed by atoms with Gasteiger partial charge in [0.15, 0.2) is 0 Å². The summed E-state index contributed by atoms with van der Waals surface area (Å²) in [6.07, 6.45) is -4.75. The van der Waals surface area contributed by atoms with Crippen LogP contribution in [0.1, 0.15) is 12.5 Å². The summed E-state index contributed by atoms with van der Waals surface area (Å²) in [5.41, 5.74) is 0.0748. The quantitative estimate of drug-likeness (QED) is 0.791. The van der Waals surface area contributed by atoms with Crippen LogP contribution in [0.5, 0.6) is 0 Å². The van der Waals surface area contributed by atoms with Crippen LogP contribution in [-0.4, -0.2) is 18.8 Å². The lowest BCUT2D eigenvalue weighted by molar-refractivity contribution is -0.155. The maximum Gasteiger partial charge on any atom is 0.404 e. The molecule has 0 aliphatic carbocycles. The van der Waals surface area contributed by atoms with Gasteiger partial charge in [0.25, 0.3) is 0 Å². The lowest BCUT2D eigenvalue weighted by atomic mass is 10.1. The topological polar surface area (TPSA) is 12.0 Å². The first-order valence-corrected chi connectivity index (χ1v) is 4.98. The summed E-state index contributed by atoms with van der Waals surface area (Å²) >= 11 is 0. The molecule has 1 unspecified atom stereocenters. The first-order chi connectivity index (χ1) is 7.45. The van der Waals surface area contributed by atoms with Crippen LogP contribution in [0.15, 0.2) is 24.3 Å². The van der Waals surface area contributed by atoms with Crippen molar-refractivity contribution in [1.82, 2.24) is 5.32 Å². The van der Waals surface area contributed by atoms with Gasteiger partial charge in [-0.2, -0.15) is 13.2 Å². The Morgan fingerprint density at radius 3 is 2.38 bits per heavy atom. The summed E-state index contributed by atoms with van der Waals surface area (Å²) in [6.45, 7) is 1.78. The van der Waals surface area contributed by atoms with Gasteiger partial charge >= 0.3 is 6.18 Å². The van der Waals surface area contributed by atoms with Crippen LogP contribution in [0, 0.1) is 5.82 Å². The molecule has 0 heterocycles. The normalized spacial score (nSPS) is 13.8. The molecule has 1 aromatic rings. The number of nitrogens with one attached hydrogen (secondary N) is 1. The molecule has 1 N–H and O–H groups in total. The third-order valence-electron chi connectivity index (χ3n) is 2.23. The van der Waals surface area contributed by atoms with E-state index in [0.717, 1.165) is 6.07 Å². The predicted octanol–water partition coefficient (Wildman–Crippen LogP) is 2.91. The Morgan fingerprint density at radius 1 is 1.25 bits per heavy atom. The number of likely N-dealkylation sites (N-methyl/N-ethyl adjacent to an activating group) is 1. The van der Waals surface area contributed by atoms with E-state index in [4.69, 9.17) is 0 Å². The van der Waals surface area contributed by atoms with E-state index in [-0.39, 0.29) is 18.5 Å². The number of halogens is 4. The van der Waals surface area contributed by atoms with Crippen LogP contribution in [0.4, 0.5) is 17.6 Å². The summed E-state index contributed by atoms with van der Waals surface area (Å²) in [7, 11) is 0. The zero-order valence-corrected chi connectivity index (χ0v) is 8.81. The smallest absolute Gasteiger partial charge is 0.306 e. The molecule has 0 aliphatic rings. The maximum absolute atomic E-state index is 13.2. The zero-order valence-electron chi connectivity index (χ0n) is 8.81. The Hall–Kier alpha value is -1.10. The van der Waals surface area contributed by atoms with Crippen LogP contribution in [0.25, 0.3) is 0 Å². The summed E-state index contributed by atoms with van der Waals surface area (Å²) in [4.78, 5) is 0. The second kappa shape index (κ2) is 5.30. The minimum Gasteiger partial charge on any atom is -0.306 e. The second-order valence-electron chi connectivity index (χ2n) is 3.45. The standard InChI is InChI=1S/C11H13F4N/c1-2-16-10(11(13,14)15)7-8-5-3-4-6-9(8)12/h3-6,10,16H,2,7H2,1H3. The second-order valence-corrected chi connectivity index (χ2v) is 3.45. The van der Waals surface area contributed by atoms with Crippen molar-refractivity contribution in [2.24, 2.45) is 0 Å². The Balaban J connectivity index is 2.80. The van der Waals surface area contributed by atoms with Crippen molar-refractivity contribution in [1.29, 1.82) is 0 Å². The summed E-state index contributed by atoms with van der Waals surface area (Å²) in [5, 5.41) is 2.31. The van der Waals surface area contributed by atoms with Crippen molar-refractivity contribution in [3.05, 3.63) is 35.6 Å². The highest BCUT2D eigenvalue weighted by Crippen LogP contribution is 2.23. The van der Waals surface area contributed by atoms with Crippen LogP contribution in [-0.2, 0) is 6.42 Å². The Bertz CT molecular complexity index is 335. The fraction of sp³-hybridized carbons (Fsp3) is 0.455. The van der Waals surface area contributed by atoms with Gasteiger partial charge in [0, 0.05) is 0 Å². The number of benzene rings is 1. The lowest BCUT2D eigenvalue weighted by Crippen LogP contribution is -2.43. The fourth-order valence-corrected chi connectivity index (χ4v) is 1.43. The SMILES string of the molecule is CCNC(Cc1ccccc1F)C(F)(F)F. The first-order valence-electron chi connectivity index (χ1n) is 4.98. The van der Waals surface area contributed by atoms with Gasteiger partial charge in [-0.1, -0.05) is 25.1 Å². The molecule has 1 nitrogen and oxygen atoms in total. The minimum atomic E-state index is -4.36. The molecule has 16 heavy (non-hydrogen) atoms. The van der Waals surface area contributed by atoms with Gasteiger partial charge in [-0.05, 0) is 24.6 Å². The van der Waals surface area contributed by atoms with E-state index in [1.54, 1.807) is 6.92 Å². The Morgan fingerprint density at radius 2 is 1.88 bits per heavy atom. The zero-order chi connectivity index (χ0) is 12.2. The number of hydrogen-bond acceptors (Lipinski definition) is 1. The van der Waals surface area contributed by atoms with Crippen molar-refractivity contribution in [2.75, 3.05) is 6.54 Å². The Kier molecular flexibility index (Phi) is 4.29. The van der Waals surface area contributed by atoms with Crippen molar-refractivity contribution >= 4 is 0 Å². The molecule has 0 saturated heterocycles. The van der Waals surface area contributed by atoms with E-state index < -0.39 is 18.0 Å². The van der Waals surface area contributed by atoms with E-state index in [0.29, 0.717) is 0 Å². The van der Waals surface area contributed by atoms with Crippen LogP contribution < -0.4 is 5.32 Å². The molecular weight excluding hydrogens is 222 g/mol. The largest absolute Gasteiger partial charge is 0.404 e. The van der Waals surface area contributed by atoms with Gasteiger partial charge in [-0.3, -0.25) is 0 Å². The van der Waals surface area contributed by atoms with E-state index in [2.05, 4.69) is 5.32 Å². The third-order valence-corrected chi connectivity index (χ3v) is 2.23. The summed E-state index contributed by atoms with van der Waals surface area (Å²) in [6, 6.07) is 3.81. The van der Waals surface area contributed by atoms with Crippen molar-refractivity contribution in [3.8, 4) is 0 Å². The number of hydrogen-bond donors (Lipinski definition) is 1. The van der Waals surface area contributed by atoms with Gasteiger partial charge < -0.3 is 5.32 Å². The molecule has 1 rings (SSSR count). The lowest BCUT2D eigenvalue weighted by Gasteiger charge is -2.21. The molecule has 0 amide bonds. The first kappa shape index (κ1) is 13.0. The fourth-order valence-electron chi connectivity index (χ4n) is 1.43. The highest BCUT2D eigenvalue weighted by Gasteiger charge is 2.39. The predicted molar refractivity (Wildman–Crippen MR) is 53.6 cm³/mol. The molecule has 1 aromatic carbocycles. The molecule has 0 saturated carbocycles. The van der Waals surface area contributed by atoms with Crippen LogP contribution in [0.3, 0.4) is 0 Å². The summed E-state index contributed by atoms with van der Waals surface area (Å²) < 4.78 is 50.8. The molecule has 0 aliphatic heterocycles. The van der Waals surface area contributed by atoms with Crippen molar-refractivity contribution in [3.63, 3.8) is 0 Å². The van der Waals surface area contributed by atoms with E-state index in [9.17, 15) is 17.6 Å². The van der Waals surface area contributed by atoms with Gasteiger partial charge in [-0.15, -0.1) is 0 Å². The molecule has 0 spiro atoms. The molecule has 5 heteroatoms. The van der Waals surface area contributed by atoms with E-state index in [1.807, 2.05) is 0 Å². The third kappa shape index (κ3) is 3.48. The average molecular weight is 235 g/mol. The maximum atomic E-state index is 13.2. The van der Waals surface area contributed by atoms with Crippen LogP contribution >= 0.6 is 0 Å². The van der Waals surface area contributed by atoms with Gasteiger partial charge in [-0.25, -0.2) is 4.39 Å². The number of rotatable bonds is 4. The van der Waals surface area contributed by atoms with Gasteiger partial charge in [0.1, 0.15) is 11.9 Å². The monoisotopic (exact) mass is 235 g/mol. The average Bonchev–Trinajstić information content (AvgIpc) is 2.19. The summed E-state index contributed by atoms with van der Waals surface area (Å²) in [5.74, 6) is -0.602. The van der Waals surface area contributed by atoms with E-state index >= 15 is 0 Å². The van der Waals surface area contributed by atoms with Gasteiger partial charge in [0.05, 0.1) is 0 Å². The molecule has 0 bridgehead atoms. The molecular formula is C11H13F4N. The van der Waals surface area contributed by atoms with Crippen molar-refractivity contribution < 1.29 is 17.6 Å². The molecule has 90 valence electrons. The van der Waals surface area contributed by atoms with Crippen molar-refractivity contribution in [2.45, 2.75) is 25.6 Å². The Labute approximate surface area is 91.5 Å². The highest BCUT2D eigenvalue weighted by molar-refractivity contribution is 5.18. The molecule has 0 radical (unpaired) electrons. The van der Waals surface area contributed by atoms with E-state index in [1.165, 1.54) is 18.2 Å².